The van der Waals surface area contributed by atoms with Gasteiger partial charge in [-0.3, -0.25) is 4.79 Å². The summed E-state index contributed by atoms with van der Waals surface area (Å²) in [6.07, 6.45) is 0. The molecule has 0 radical (unpaired) electrons. The van der Waals surface area contributed by atoms with E-state index < -0.39 is 11.6 Å². The van der Waals surface area contributed by atoms with E-state index in [1.54, 1.807) is 0 Å². The first-order chi connectivity index (χ1) is 9.61. The Bertz CT molecular complexity index is 675. The highest BCUT2D eigenvalue weighted by Gasteiger charge is 2.15. The summed E-state index contributed by atoms with van der Waals surface area (Å²) in [4.78, 5) is 11.3. The zero-order valence-corrected chi connectivity index (χ0v) is 10.9. The first-order valence-electron chi connectivity index (χ1n) is 6.03. The largest absolute Gasteiger partial charge is 0.489 e. The number of carbonyl (C=O) groups is 1. The topological polar surface area (TPSA) is 50.1 Å². The van der Waals surface area contributed by atoms with Crippen molar-refractivity contribution in [1.29, 1.82) is 5.26 Å². The highest BCUT2D eigenvalue weighted by atomic mass is 19.1. The van der Waals surface area contributed by atoms with Gasteiger partial charge in [0.15, 0.2) is 5.78 Å². The van der Waals surface area contributed by atoms with Crippen molar-refractivity contribution >= 4 is 5.78 Å². The molecule has 0 aliphatic heterocycles. The van der Waals surface area contributed by atoms with Crippen LogP contribution in [0, 0.1) is 17.1 Å². The third kappa shape index (κ3) is 3.01. The average molecular weight is 269 g/mol. The Labute approximate surface area is 116 Å². The van der Waals surface area contributed by atoms with Crippen LogP contribution in [0.4, 0.5) is 4.39 Å². The van der Waals surface area contributed by atoms with E-state index in [9.17, 15) is 9.18 Å². The van der Waals surface area contributed by atoms with Crippen LogP contribution < -0.4 is 4.74 Å². The van der Waals surface area contributed by atoms with Gasteiger partial charge >= 0.3 is 0 Å². The van der Waals surface area contributed by atoms with Gasteiger partial charge in [0.05, 0.1) is 11.1 Å². The highest BCUT2D eigenvalue weighted by Crippen LogP contribution is 2.22. The van der Waals surface area contributed by atoms with Crippen molar-refractivity contribution in [3.63, 3.8) is 0 Å². The van der Waals surface area contributed by atoms with Gasteiger partial charge in [0.2, 0.25) is 0 Å². The molecule has 3 nitrogen and oxygen atoms in total. The first-order valence-corrected chi connectivity index (χ1v) is 6.03. The summed E-state index contributed by atoms with van der Waals surface area (Å²) in [6.45, 7) is 1.49. The summed E-state index contributed by atoms with van der Waals surface area (Å²) in [7, 11) is 0. The zero-order chi connectivity index (χ0) is 14.5. The molecular weight excluding hydrogens is 257 g/mol. The smallest absolute Gasteiger partial charge is 0.164 e. The molecule has 100 valence electrons. The van der Waals surface area contributed by atoms with Gasteiger partial charge in [0, 0.05) is 6.07 Å². The van der Waals surface area contributed by atoms with Crippen LogP contribution in [0.2, 0.25) is 0 Å². The molecule has 0 fully saturated rings. The molecule has 0 aliphatic carbocycles. The molecule has 0 saturated heterocycles. The van der Waals surface area contributed by atoms with Crippen LogP contribution in [0.5, 0.6) is 5.75 Å². The van der Waals surface area contributed by atoms with E-state index in [1.807, 2.05) is 36.4 Å². The fourth-order valence-electron chi connectivity index (χ4n) is 1.85. The van der Waals surface area contributed by atoms with Crippen molar-refractivity contribution < 1.29 is 13.9 Å². The minimum atomic E-state index is -0.736. The summed E-state index contributed by atoms with van der Waals surface area (Å²) in [6, 6.07) is 13.7. The third-order valence-electron chi connectivity index (χ3n) is 2.78. The number of nitriles is 1. The second kappa shape index (κ2) is 5.98. The normalized spacial score (nSPS) is 9.85. The van der Waals surface area contributed by atoms with Gasteiger partial charge in [-0.15, -0.1) is 0 Å². The average Bonchev–Trinajstić information content (AvgIpc) is 2.45. The number of carbonyl (C=O) groups excluding carboxylic acids is 1. The van der Waals surface area contributed by atoms with Gasteiger partial charge in [-0.1, -0.05) is 30.3 Å². The van der Waals surface area contributed by atoms with E-state index in [1.165, 1.54) is 13.0 Å². The van der Waals surface area contributed by atoms with Crippen molar-refractivity contribution in [2.24, 2.45) is 0 Å². The van der Waals surface area contributed by atoms with Crippen molar-refractivity contribution in [2.45, 2.75) is 13.5 Å². The van der Waals surface area contributed by atoms with Gasteiger partial charge in [-0.05, 0) is 18.6 Å². The summed E-state index contributed by atoms with van der Waals surface area (Å²) >= 11 is 0. The van der Waals surface area contributed by atoms with Gasteiger partial charge in [-0.2, -0.15) is 5.26 Å². The maximum atomic E-state index is 13.8. The van der Waals surface area contributed by atoms with Gasteiger partial charge in [0.25, 0.3) is 0 Å². The van der Waals surface area contributed by atoms with Crippen molar-refractivity contribution in [2.75, 3.05) is 0 Å². The third-order valence-corrected chi connectivity index (χ3v) is 2.78. The van der Waals surface area contributed by atoms with E-state index >= 15 is 0 Å². The van der Waals surface area contributed by atoms with E-state index in [-0.39, 0.29) is 23.5 Å². The minimum absolute atomic E-state index is 0.0134. The molecule has 0 unspecified atom stereocenters. The SMILES string of the molecule is CC(=O)c1c(F)cc(OCc2ccccc2)cc1C#N. The predicted molar refractivity (Wildman–Crippen MR) is 71.9 cm³/mol. The molecule has 0 bridgehead atoms. The van der Waals surface area contributed by atoms with Crippen molar-refractivity contribution in [3.05, 3.63) is 65.0 Å². The van der Waals surface area contributed by atoms with Gasteiger partial charge in [0.1, 0.15) is 24.2 Å². The van der Waals surface area contributed by atoms with E-state index in [0.29, 0.717) is 0 Å². The predicted octanol–water partition coefficient (Wildman–Crippen LogP) is 3.48. The number of hydrogen-bond acceptors (Lipinski definition) is 3. The molecule has 0 aromatic heterocycles. The number of benzene rings is 2. The molecule has 2 rings (SSSR count). The molecule has 20 heavy (non-hydrogen) atoms. The number of ketones is 1. The lowest BCUT2D eigenvalue weighted by Gasteiger charge is -2.09. The molecule has 2 aromatic carbocycles. The van der Waals surface area contributed by atoms with Crippen LogP contribution in [-0.2, 0) is 6.61 Å². The lowest BCUT2D eigenvalue weighted by molar-refractivity contribution is 0.101. The number of hydrogen-bond donors (Lipinski definition) is 0. The molecule has 0 aliphatic rings. The molecule has 0 atom stereocenters. The Morgan fingerprint density at radius 1 is 1.30 bits per heavy atom. The Morgan fingerprint density at radius 2 is 2.00 bits per heavy atom. The molecule has 0 N–H and O–H groups in total. The van der Waals surface area contributed by atoms with Crippen LogP contribution in [-0.4, -0.2) is 5.78 Å². The second-order valence-electron chi connectivity index (χ2n) is 4.27. The summed E-state index contributed by atoms with van der Waals surface area (Å²) in [5.41, 5.74) is 0.724. The number of halogens is 1. The first kappa shape index (κ1) is 13.8. The Balaban J connectivity index is 2.24. The Morgan fingerprint density at radius 3 is 2.60 bits per heavy atom. The van der Waals surface area contributed by atoms with Gasteiger partial charge in [-0.25, -0.2) is 4.39 Å². The molecule has 2 aromatic rings. The lowest BCUT2D eigenvalue weighted by Crippen LogP contribution is -2.03. The standard InChI is InChI=1S/C16H12FNO2/c1-11(19)16-13(9-18)7-14(8-15(16)17)20-10-12-5-3-2-4-6-12/h2-8H,10H2,1H3. The lowest BCUT2D eigenvalue weighted by atomic mass is 10.0. The maximum absolute atomic E-state index is 13.8. The Hall–Kier alpha value is -2.67. The number of ether oxygens (including phenoxy) is 1. The molecule has 4 heteroatoms. The van der Waals surface area contributed by atoms with E-state index in [0.717, 1.165) is 11.6 Å². The molecule has 0 spiro atoms. The molecule has 0 heterocycles. The highest BCUT2D eigenvalue weighted by molar-refractivity contribution is 5.97. The van der Waals surface area contributed by atoms with Crippen LogP contribution in [0.15, 0.2) is 42.5 Å². The van der Waals surface area contributed by atoms with Crippen molar-refractivity contribution in [3.8, 4) is 11.8 Å². The summed E-state index contributed by atoms with van der Waals surface area (Å²) in [5, 5.41) is 8.98. The number of nitrogens with zero attached hydrogens (tertiary/aromatic N) is 1. The number of Topliss-reactive ketones (excluding diaryl/α,β-unsaturated/α-hetero) is 1. The van der Waals surface area contributed by atoms with E-state index in [2.05, 4.69) is 0 Å². The second-order valence-corrected chi connectivity index (χ2v) is 4.27. The van der Waals surface area contributed by atoms with Gasteiger partial charge < -0.3 is 4.74 Å². The minimum Gasteiger partial charge on any atom is -0.489 e. The molecule has 0 saturated carbocycles. The van der Waals surface area contributed by atoms with Crippen LogP contribution in [0.3, 0.4) is 0 Å². The Kier molecular flexibility index (Phi) is 4.11. The quantitative estimate of drug-likeness (QED) is 0.798. The molecular formula is C16H12FNO2. The molecule has 0 amide bonds. The van der Waals surface area contributed by atoms with Crippen molar-refractivity contribution in [1.82, 2.24) is 0 Å². The van der Waals surface area contributed by atoms with Crippen LogP contribution in [0.1, 0.15) is 28.4 Å². The van der Waals surface area contributed by atoms with Crippen LogP contribution in [0.25, 0.3) is 0 Å². The maximum Gasteiger partial charge on any atom is 0.164 e. The fourth-order valence-corrected chi connectivity index (χ4v) is 1.85. The summed E-state index contributed by atoms with van der Waals surface area (Å²) in [5.74, 6) is -0.985. The van der Waals surface area contributed by atoms with E-state index in [4.69, 9.17) is 10.00 Å². The zero-order valence-electron chi connectivity index (χ0n) is 10.9. The fraction of sp³-hybridized carbons (Fsp3) is 0.125. The number of rotatable bonds is 4. The van der Waals surface area contributed by atoms with Crippen LogP contribution >= 0.6 is 0 Å². The monoisotopic (exact) mass is 269 g/mol. The summed E-state index contributed by atoms with van der Waals surface area (Å²) < 4.78 is 19.3.